The number of sulfonamides is 1. The molecule has 0 unspecified atom stereocenters. The van der Waals surface area contributed by atoms with Gasteiger partial charge in [-0.15, -0.1) is 4.83 Å². The standard InChI is InChI=1S/C17H18BrN3O5S/c1-11-3-8-16(15(18)9-11)26-10-17(23)20-21-27(24,25)14-6-4-13(5-7-14)19-12(2)22/h3-9,21H,10H2,1-2H3,(H,19,22)(H,20,23). The highest BCUT2D eigenvalue weighted by atomic mass is 79.9. The molecule has 2 aromatic rings. The van der Waals surface area contributed by atoms with Gasteiger partial charge in [-0.3, -0.25) is 15.0 Å². The minimum Gasteiger partial charge on any atom is -0.483 e. The predicted octanol–water partition coefficient (Wildman–Crippen LogP) is 2.10. The maximum atomic E-state index is 12.2. The quantitative estimate of drug-likeness (QED) is 0.553. The largest absolute Gasteiger partial charge is 0.483 e. The third kappa shape index (κ3) is 6.35. The minimum atomic E-state index is -3.96. The van der Waals surface area contributed by atoms with Gasteiger partial charge in [0.25, 0.3) is 15.9 Å². The lowest BCUT2D eigenvalue weighted by Gasteiger charge is -2.11. The van der Waals surface area contributed by atoms with Crippen molar-refractivity contribution in [1.29, 1.82) is 0 Å². The molecule has 144 valence electrons. The Labute approximate surface area is 165 Å². The molecule has 0 bridgehead atoms. The van der Waals surface area contributed by atoms with Gasteiger partial charge in [-0.05, 0) is 64.8 Å². The number of nitrogens with one attached hydrogen (secondary N) is 3. The van der Waals surface area contributed by atoms with Crippen LogP contribution >= 0.6 is 15.9 Å². The summed E-state index contributed by atoms with van der Waals surface area (Å²) in [6.07, 6.45) is 0. The molecule has 27 heavy (non-hydrogen) atoms. The summed E-state index contributed by atoms with van der Waals surface area (Å²) in [5.74, 6) is -0.468. The molecule has 0 aliphatic heterocycles. The van der Waals surface area contributed by atoms with E-state index in [-0.39, 0.29) is 17.4 Å². The molecule has 0 atom stereocenters. The first-order valence-electron chi connectivity index (χ1n) is 7.74. The van der Waals surface area contributed by atoms with Crippen molar-refractivity contribution in [1.82, 2.24) is 10.3 Å². The van der Waals surface area contributed by atoms with Crippen LogP contribution in [0.5, 0.6) is 5.75 Å². The van der Waals surface area contributed by atoms with Gasteiger partial charge in [0.1, 0.15) is 5.75 Å². The molecule has 0 radical (unpaired) electrons. The zero-order valence-corrected chi connectivity index (χ0v) is 17.0. The molecule has 0 aromatic heterocycles. The Kier molecular flexibility index (Phi) is 6.94. The maximum absolute atomic E-state index is 12.2. The highest BCUT2D eigenvalue weighted by Crippen LogP contribution is 2.25. The number of amides is 2. The van der Waals surface area contributed by atoms with Crippen LogP contribution in [0.15, 0.2) is 51.8 Å². The normalized spacial score (nSPS) is 10.9. The zero-order valence-electron chi connectivity index (χ0n) is 14.6. The van der Waals surface area contributed by atoms with Gasteiger partial charge < -0.3 is 10.1 Å². The van der Waals surface area contributed by atoms with Crippen molar-refractivity contribution in [3.05, 3.63) is 52.5 Å². The first-order valence-corrected chi connectivity index (χ1v) is 10.0. The van der Waals surface area contributed by atoms with E-state index < -0.39 is 15.9 Å². The third-order valence-electron chi connectivity index (χ3n) is 3.26. The predicted molar refractivity (Wildman–Crippen MR) is 104 cm³/mol. The summed E-state index contributed by atoms with van der Waals surface area (Å²) in [7, 11) is -3.96. The summed E-state index contributed by atoms with van der Waals surface area (Å²) >= 11 is 3.32. The second-order valence-electron chi connectivity index (χ2n) is 5.58. The summed E-state index contributed by atoms with van der Waals surface area (Å²) in [5, 5.41) is 2.53. The van der Waals surface area contributed by atoms with Gasteiger partial charge in [0, 0.05) is 12.6 Å². The molecule has 2 aromatic carbocycles. The number of carbonyl (C=O) groups is 2. The molecule has 0 aliphatic rings. The Balaban J connectivity index is 1.90. The summed E-state index contributed by atoms with van der Waals surface area (Å²) < 4.78 is 30.4. The molecular formula is C17H18BrN3O5S. The lowest BCUT2D eigenvalue weighted by molar-refractivity contribution is -0.123. The number of hydrazine groups is 1. The lowest BCUT2D eigenvalue weighted by Crippen LogP contribution is -2.43. The number of anilines is 1. The van der Waals surface area contributed by atoms with Gasteiger partial charge in [-0.25, -0.2) is 8.42 Å². The molecule has 0 saturated carbocycles. The highest BCUT2D eigenvalue weighted by Gasteiger charge is 2.15. The third-order valence-corrected chi connectivity index (χ3v) is 5.14. The monoisotopic (exact) mass is 455 g/mol. The molecule has 0 fully saturated rings. The van der Waals surface area contributed by atoms with E-state index in [1.165, 1.54) is 31.2 Å². The second kappa shape index (κ2) is 8.98. The van der Waals surface area contributed by atoms with Crippen LogP contribution in [0.2, 0.25) is 0 Å². The Bertz CT molecular complexity index is 946. The number of rotatable bonds is 7. The average Bonchev–Trinajstić information content (AvgIpc) is 2.59. The Morgan fingerprint density at radius 3 is 2.37 bits per heavy atom. The summed E-state index contributed by atoms with van der Waals surface area (Å²) in [5.41, 5.74) is 3.57. The average molecular weight is 456 g/mol. The summed E-state index contributed by atoms with van der Waals surface area (Å²) in [4.78, 5) is 24.7. The van der Waals surface area contributed by atoms with Crippen LogP contribution in [0, 0.1) is 6.92 Å². The van der Waals surface area contributed by atoms with Crippen molar-refractivity contribution in [3.8, 4) is 5.75 Å². The van der Waals surface area contributed by atoms with Crippen molar-refractivity contribution in [2.24, 2.45) is 0 Å². The van der Waals surface area contributed by atoms with Crippen LogP contribution in [0.25, 0.3) is 0 Å². The van der Waals surface area contributed by atoms with E-state index in [4.69, 9.17) is 4.74 Å². The van der Waals surface area contributed by atoms with Gasteiger partial charge in [-0.2, -0.15) is 0 Å². The van der Waals surface area contributed by atoms with Crippen LogP contribution in [0.4, 0.5) is 5.69 Å². The Morgan fingerprint density at radius 2 is 1.78 bits per heavy atom. The molecular weight excluding hydrogens is 438 g/mol. The number of ether oxygens (including phenoxy) is 1. The summed E-state index contributed by atoms with van der Waals surface area (Å²) in [6.45, 7) is 2.89. The molecule has 0 saturated heterocycles. The number of hydrogen-bond acceptors (Lipinski definition) is 5. The van der Waals surface area contributed by atoms with Crippen molar-refractivity contribution in [3.63, 3.8) is 0 Å². The number of benzene rings is 2. The first-order chi connectivity index (χ1) is 12.7. The van der Waals surface area contributed by atoms with Crippen LogP contribution in [0.3, 0.4) is 0 Å². The number of aryl methyl sites for hydroxylation is 1. The van der Waals surface area contributed by atoms with Crippen LogP contribution in [-0.2, 0) is 19.6 Å². The van der Waals surface area contributed by atoms with Gasteiger partial charge in [0.05, 0.1) is 9.37 Å². The molecule has 0 aliphatic carbocycles. The maximum Gasteiger partial charge on any atom is 0.272 e. The van der Waals surface area contributed by atoms with Crippen LogP contribution in [0.1, 0.15) is 12.5 Å². The molecule has 2 amide bonds. The summed E-state index contributed by atoms with van der Waals surface area (Å²) in [6, 6.07) is 10.9. The molecule has 0 spiro atoms. The molecule has 10 heteroatoms. The van der Waals surface area contributed by atoms with Crippen molar-refractivity contribution >= 4 is 43.5 Å². The minimum absolute atomic E-state index is 0.0703. The van der Waals surface area contributed by atoms with E-state index in [1.54, 1.807) is 6.07 Å². The molecule has 2 rings (SSSR count). The van der Waals surface area contributed by atoms with E-state index in [0.717, 1.165) is 5.56 Å². The fraction of sp³-hybridized carbons (Fsp3) is 0.176. The van der Waals surface area contributed by atoms with E-state index in [0.29, 0.717) is 15.9 Å². The molecule has 8 nitrogen and oxygen atoms in total. The number of carbonyl (C=O) groups excluding carboxylic acids is 2. The zero-order chi connectivity index (χ0) is 20.0. The number of hydrogen-bond donors (Lipinski definition) is 3. The number of halogens is 1. The van der Waals surface area contributed by atoms with Gasteiger partial charge in [-0.1, -0.05) is 6.07 Å². The second-order valence-corrected chi connectivity index (χ2v) is 8.12. The molecule has 3 N–H and O–H groups in total. The Hall–Kier alpha value is -2.43. The van der Waals surface area contributed by atoms with Gasteiger partial charge >= 0.3 is 0 Å². The Morgan fingerprint density at radius 1 is 1.11 bits per heavy atom. The fourth-order valence-electron chi connectivity index (χ4n) is 2.01. The highest BCUT2D eigenvalue weighted by molar-refractivity contribution is 9.10. The fourth-order valence-corrected chi connectivity index (χ4v) is 3.47. The van der Waals surface area contributed by atoms with Crippen molar-refractivity contribution in [2.45, 2.75) is 18.7 Å². The van der Waals surface area contributed by atoms with Gasteiger partial charge in [0.2, 0.25) is 5.91 Å². The first kappa shape index (κ1) is 20.9. The van der Waals surface area contributed by atoms with Crippen LogP contribution < -0.4 is 20.3 Å². The van der Waals surface area contributed by atoms with Crippen LogP contribution in [-0.4, -0.2) is 26.8 Å². The van der Waals surface area contributed by atoms with E-state index in [1.807, 2.05) is 23.9 Å². The topological polar surface area (TPSA) is 114 Å². The van der Waals surface area contributed by atoms with E-state index >= 15 is 0 Å². The molecule has 0 heterocycles. The lowest BCUT2D eigenvalue weighted by atomic mass is 10.2. The SMILES string of the molecule is CC(=O)Nc1ccc(S(=O)(=O)NNC(=O)COc2ccc(C)cc2Br)cc1. The van der Waals surface area contributed by atoms with Gasteiger partial charge in [0.15, 0.2) is 6.61 Å². The van der Waals surface area contributed by atoms with E-state index in [2.05, 4.69) is 26.7 Å². The van der Waals surface area contributed by atoms with Crippen molar-refractivity contribution < 1.29 is 22.7 Å². The van der Waals surface area contributed by atoms with E-state index in [9.17, 15) is 18.0 Å². The van der Waals surface area contributed by atoms with Crippen molar-refractivity contribution in [2.75, 3.05) is 11.9 Å². The smallest absolute Gasteiger partial charge is 0.272 e.